The van der Waals surface area contributed by atoms with E-state index in [1.54, 1.807) is 60.8 Å². The molecule has 0 unspecified atom stereocenters. The van der Waals surface area contributed by atoms with Crippen molar-refractivity contribution in [3.8, 4) is 16.9 Å². The molecular formula is C41H44Cl2N4O8. The fourth-order valence-electron chi connectivity index (χ4n) is 6.73. The van der Waals surface area contributed by atoms with Crippen molar-refractivity contribution in [2.75, 3.05) is 31.8 Å². The van der Waals surface area contributed by atoms with Crippen molar-refractivity contribution in [3.63, 3.8) is 0 Å². The third-order valence-electron chi connectivity index (χ3n) is 9.52. The second kappa shape index (κ2) is 16.7. The summed E-state index contributed by atoms with van der Waals surface area (Å²) >= 11 is 12.8. The fraction of sp³-hybridized carbons (Fsp3) is 0.390. The van der Waals surface area contributed by atoms with Crippen molar-refractivity contribution >= 4 is 52.8 Å². The van der Waals surface area contributed by atoms with E-state index >= 15 is 0 Å². The summed E-state index contributed by atoms with van der Waals surface area (Å²) < 4.78 is 23.4. The predicted octanol–water partition coefficient (Wildman–Crippen LogP) is 7.75. The molecule has 1 aromatic heterocycles. The van der Waals surface area contributed by atoms with E-state index in [2.05, 4.69) is 10.4 Å². The average molecular weight is 792 g/mol. The van der Waals surface area contributed by atoms with Gasteiger partial charge < -0.3 is 24.3 Å². The van der Waals surface area contributed by atoms with E-state index in [4.69, 9.17) is 42.1 Å². The lowest BCUT2D eigenvalue weighted by Crippen LogP contribution is -2.42. The van der Waals surface area contributed by atoms with E-state index in [0.29, 0.717) is 39.7 Å². The van der Waals surface area contributed by atoms with Crippen LogP contribution in [0.1, 0.15) is 73.0 Å². The van der Waals surface area contributed by atoms with Gasteiger partial charge in [0.25, 0.3) is 5.91 Å². The molecule has 6 rings (SSSR count). The number of halogens is 2. The second-order valence-electron chi connectivity index (χ2n) is 14.7. The first-order valence-corrected chi connectivity index (χ1v) is 18.8. The normalized spacial score (nSPS) is 16.3. The van der Waals surface area contributed by atoms with Crippen molar-refractivity contribution < 1.29 is 38.1 Å². The van der Waals surface area contributed by atoms with Crippen LogP contribution in [0.5, 0.6) is 5.75 Å². The molecule has 1 fully saturated rings. The number of anilines is 1. The van der Waals surface area contributed by atoms with Crippen LogP contribution in [0.15, 0.2) is 67.0 Å². The van der Waals surface area contributed by atoms with Crippen molar-refractivity contribution in [3.05, 3.63) is 99.3 Å². The highest BCUT2D eigenvalue weighted by Crippen LogP contribution is 2.57. The first-order chi connectivity index (χ1) is 26.2. The van der Waals surface area contributed by atoms with Gasteiger partial charge in [-0.25, -0.2) is 9.59 Å². The zero-order valence-electron chi connectivity index (χ0n) is 31.4. The van der Waals surface area contributed by atoms with Gasteiger partial charge in [0.15, 0.2) is 0 Å². The molecule has 55 heavy (non-hydrogen) atoms. The van der Waals surface area contributed by atoms with E-state index < -0.39 is 35.6 Å². The zero-order chi connectivity index (χ0) is 39.4. The summed E-state index contributed by atoms with van der Waals surface area (Å²) in [6.45, 7) is 8.25. The molecule has 3 aromatic carbocycles. The topological polar surface area (TPSA) is 138 Å². The number of ether oxygens (including phenoxy) is 4. The Morgan fingerprint density at radius 2 is 1.80 bits per heavy atom. The van der Waals surface area contributed by atoms with Crippen molar-refractivity contribution in [2.24, 2.45) is 5.92 Å². The predicted molar refractivity (Wildman–Crippen MR) is 208 cm³/mol. The Morgan fingerprint density at radius 3 is 2.56 bits per heavy atom. The van der Waals surface area contributed by atoms with Gasteiger partial charge in [-0.1, -0.05) is 41.4 Å². The molecule has 1 aliphatic heterocycles. The quantitative estimate of drug-likeness (QED) is 0.0819. The molecule has 4 aromatic rings. The van der Waals surface area contributed by atoms with Gasteiger partial charge in [-0.3, -0.25) is 19.2 Å². The van der Waals surface area contributed by atoms with Crippen LogP contribution < -0.4 is 15.0 Å². The number of methoxy groups -OCH3 is 1. The summed E-state index contributed by atoms with van der Waals surface area (Å²) in [6, 6.07) is 15.1. The standard InChI is InChI=1S/C41H44Cl2N4O8/c1-24-31(42)9-7-11-35(24)53-16-17-54-40(51)47-23-26-19-30(26)37-29(8-6-10-34(37)47)28-20-44-46(22-28)21-27-18-25(12-13-32(27)43)38(49)45-33(39(50)52-5)14-15-36(48)55-41(2,3)4/h6-13,18,20,22,26,30,33H,14-17,19,21,23H2,1-5H3,(H,45,49)/t26-,30-,33-/m0/s1. The van der Waals surface area contributed by atoms with Crippen LogP contribution in [0, 0.1) is 12.8 Å². The molecule has 2 aliphatic rings. The van der Waals surface area contributed by atoms with Crippen molar-refractivity contribution in [2.45, 2.75) is 71.1 Å². The van der Waals surface area contributed by atoms with E-state index in [1.807, 2.05) is 43.5 Å². The van der Waals surface area contributed by atoms with Crippen LogP contribution >= 0.6 is 23.2 Å². The first-order valence-electron chi connectivity index (χ1n) is 18.1. The largest absolute Gasteiger partial charge is 0.490 e. The van der Waals surface area contributed by atoms with Crippen LogP contribution in [0.4, 0.5) is 10.5 Å². The summed E-state index contributed by atoms with van der Waals surface area (Å²) in [7, 11) is 1.22. The van der Waals surface area contributed by atoms with Gasteiger partial charge in [0.2, 0.25) is 0 Å². The minimum absolute atomic E-state index is 0.00704. The first kappa shape index (κ1) is 39.6. The molecule has 12 nitrogen and oxygen atoms in total. The molecule has 1 saturated carbocycles. The minimum Gasteiger partial charge on any atom is -0.490 e. The number of esters is 2. The monoisotopic (exact) mass is 790 g/mol. The molecule has 0 spiro atoms. The maximum absolute atomic E-state index is 13.4. The number of nitrogens with zero attached hydrogens (tertiary/aromatic N) is 3. The van der Waals surface area contributed by atoms with Gasteiger partial charge in [0, 0.05) is 45.9 Å². The number of hydrogen-bond donors (Lipinski definition) is 1. The lowest BCUT2D eigenvalue weighted by molar-refractivity contribution is -0.155. The summed E-state index contributed by atoms with van der Waals surface area (Å²) in [5.41, 5.74) is 4.82. The minimum atomic E-state index is -1.06. The number of fused-ring (bicyclic) bond motifs is 3. The summed E-state index contributed by atoms with van der Waals surface area (Å²) in [5, 5.41) is 8.33. The lowest BCUT2D eigenvalue weighted by Gasteiger charge is -2.29. The number of carbonyl (C=O) groups is 4. The maximum Gasteiger partial charge on any atom is 0.414 e. The molecule has 2 amide bonds. The Bertz CT molecular complexity index is 2090. The summed E-state index contributed by atoms with van der Waals surface area (Å²) in [5.74, 6) is -0.374. The van der Waals surface area contributed by atoms with Crippen molar-refractivity contribution in [1.29, 1.82) is 0 Å². The smallest absolute Gasteiger partial charge is 0.414 e. The van der Waals surface area contributed by atoms with E-state index in [-0.39, 0.29) is 38.2 Å². The third kappa shape index (κ3) is 9.60. The van der Waals surface area contributed by atoms with Gasteiger partial charge in [0.1, 0.15) is 30.6 Å². The van der Waals surface area contributed by atoms with Gasteiger partial charge in [-0.2, -0.15) is 5.10 Å². The Hall–Kier alpha value is -5.07. The molecule has 1 aliphatic carbocycles. The molecule has 0 bridgehead atoms. The highest BCUT2D eigenvalue weighted by Gasteiger charge is 2.48. The Kier molecular flexibility index (Phi) is 12.1. The number of nitrogens with one attached hydrogen (secondary N) is 1. The second-order valence-corrected chi connectivity index (χ2v) is 15.5. The average Bonchev–Trinajstić information content (AvgIpc) is 3.80. The number of rotatable bonds is 13. The van der Waals surface area contributed by atoms with E-state index in [1.165, 1.54) is 7.11 Å². The highest BCUT2D eigenvalue weighted by molar-refractivity contribution is 6.31. The molecule has 3 atom stereocenters. The van der Waals surface area contributed by atoms with E-state index in [9.17, 15) is 19.2 Å². The zero-order valence-corrected chi connectivity index (χ0v) is 32.9. The third-order valence-corrected chi connectivity index (χ3v) is 10.3. The number of aromatic nitrogens is 2. The van der Waals surface area contributed by atoms with E-state index in [0.717, 1.165) is 34.4 Å². The van der Waals surface area contributed by atoms with Crippen LogP contribution in [0.3, 0.4) is 0 Å². The van der Waals surface area contributed by atoms with Crippen LogP contribution in [0.25, 0.3) is 11.1 Å². The Labute approximate surface area is 330 Å². The molecule has 0 saturated heterocycles. The molecule has 0 radical (unpaired) electrons. The number of carbonyl (C=O) groups excluding carboxylic acids is 4. The molecular weight excluding hydrogens is 747 g/mol. The van der Waals surface area contributed by atoms with Gasteiger partial charge in [-0.15, -0.1) is 0 Å². The van der Waals surface area contributed by atoms with Crippen LogP contribution in [0.2, 0.25) is 10.0 Å². The molecule has 1 N–H and O–H groups in total. The number of hydrogen-bond acceptors (Lipinski definition) is 9. The molecule has 2 heterocycles. The van der Waals surface area contributed by atoms with Crippen LogP contribution in [-0.2, 0) is 30.3 Å². The fourth-order valence-corrected chi connectivity index (χ4v) is 7.07. The number of amides is 2. The summed E-state index contributed by atoms with van der Waals surface area (Å²) in [6.07, 6.45) is 4.15. The number of benzene rings is 3. The van der Waals surface area contributed by atoms with Gasteiger partial charge in [-0.05, 0) is 105 Å². The highest BCUT2D eigenvalue weighted by atomic mass is 35.5. The Morgan fingerprint density at radius 1 is 1.02 bits per heavy atom. The summed E-state index contributed by atoms with van der Waals surface area (Å²) in [4.78, 5) is 53.1. The maximum atomic E-state index is 13.4. The van der Waals surface area contributed by atoms with Crippen molar-refractivity contribution in [1.82, 2.24) is 15.1 Å². The molecule has 14 heteroatoms. The SMILES string of the molecule is COC(=O)[C@H](CCC(=O)OC(C)(C)C)NC(=O)c1ccc(Cl)c(Cn2cc(-c3cccc4c3[C@H]3C[C@H]3CN4C(=O)OCCOc3cccc(Cl)c3C)cn2)c1. The van der Waals surface area contributed by atoms with Crippen LogP contribution in [-0.4, -0.2) is 72.2 Å². The Balaban J connectivity index is 1.12. The van der Waals surface area contributed by atoms with Gasteiger partial charge >= 0.3 is 18.0 Å². The lowest BCUT2D eigenvalue weighted by atomic mass is 9.93. The van der Waals surface area contributed by atoms with Gasteiger partial charge in [0.05, 0.1) is 25.5 Å². The molecule has 290 valence electrons.